The maximum atomic E-state index is 15.1. The van der Waals surface area contributed by atoms with Crippen molar-refractivity contribution in [3.8, 4) is 29.0 Å². The maximum Gasteiger partial charge on any atom is 0.280 e. The number of aromatic hydroxyl groups is 1. The van der Waals surface area contributed by atoms with Crippen molar-refractivity contribution in [2.45, 2.75) is 0 Å². The first-order valence-corrected chi connectivity index (χ1v) is 9.83. The van der Waals surface area contributed by atoms with Crippen LogP contribution >= 0.6 is 11.6 Å². The molecule has 12 heteroatoms. The zero-order valence-electron chi connectivity index (χ0n) is 17.1. The van der Waals surface area contributed by atoms with Crippen molar-refractivity contribution in [1.29, 1.82) is 0 Å². The fourth-order valence-corrected chi connectivity index (χ4v) is 2.90. The van der Waals surface area contributed by atoms with Gasteiger partial charge in [-0.3, -0.25) is 0 Å². The van der Waals surface area contributed by atoms with Crippen molar-refractivity contribution in [2.75, 3.05) is 20.3 Å². The molecular formula is C21H16ClFN4O6. The van der Waals surface area contributed by atoms with Gasteiger partial charge in [-0.15, -0.1) is 0 Å². The molecule has 0 atom stereocenters. The van der Waals surface area contributed by atoms with E-state index in [4.69, 9.17) is 35.5 Å². The van der Waals surface area contributed by atoms with Crippen molar-refractivity contribution < 1.29 is 33.4 Å². The number of benzene rings is 2. The van der Waals surface area contributed by atoms with E-state index in [1.165, 1.54) is 25.3 Å². The van der Waals surface area contributed by atoms with E-state index >= 15 is 4.39 Å². The van der Waals surface area contributed by atoms with E-state index in [1.54, 1.807) is 24.3 Å². The average molecular weight is 475 g/mol. The molecule has 1 N–H and O–H groups in total. The topological polar surface area (TPSA) is 117 Å². The quantitative estimate of drug-likeness (QED) is 0.398. The van der Waals surface area contributed by atoms with Crippen molar-refractivity contribution in [3.63, 3.8) is 0 Å². The van der Waals surface area contributed by atoms with Crippen LogP contribution in [0.25, 0.3) is 0 Å². The average Bonchev–Trinajstić information content (AvgIpc) is 2.84. The van der Waals surface area contributed by atoms with Gasteiger partial charge in [0.25, 0.3) is 17.7 Å². The highest BCUT2D eigenvalue weighted by molar-refractivity contribution is 6.45. The molecule has 0 unspecified atom stereocenters. The van der Waals surface area contributed by atoms with Crippen LogP contribution in [0.15, 0.2) is 59.1 Å². The molecular weight excluding hydrogens is 459 g/mol. The molecule has 0 aliphatic carbocycles. The molecule has 0 saturated heterocycles. The minimum Gasteiger partial charge on any atom is -0.506 e. The summed E-state index contributed by atoms with van der Waals surface area (Å²) >= 11 is 5.99. The Morgan fingerprint density at radius 2 is 1.79 bits per heavy atom. The molecule has 33 heavy (non-hydrogen) atoms. The van der Waals surface area contributed by atoms with Crippen molar-refractivity contribution in [3.05, 3.63) is 65.2 Å². The Bertz CT molecular complexity index is 1220. The second-order valence-corrected chi connectivity index (χ2v) is 6.67. The summed E-state index contributed by atoms with van der Waals surface area (Å²) in [7, 11) is 1.36. The number of phenolic OH excluding ortho intramolecular Hbond substituents is 1. The lowest BCUT2D eigenvalue weighted by molar-refractivity contribution is 0.0672. The molecule has 0 spiro atoms. The first-order valence-electron chi connectivity index (χ1n) is 9.46. The Morgan fingerprint density at radius 3 is 2.52 bits per heavy atom. The Balaban J connectivity index is 1.67. The van der Waals surface area contributed by atoms with Crippen LogP contribution in [0.3, 0.4) is 0 Å². The summed E-state index contributed by atoms with van der Waals surface area (Å²) < 4.78 is 31.7. The second-order valence-electron chi connectivity index (χ2n) is 6.29. The molecule has 2 heterocycles. The van der Waals surface area contributed by atoms with Crippen molar-refractivity contribution in [1.82, 2.24) is 9.97 Å². The molecule has 0 saturated carbocycles. The van der Waals surface area contributed by atoms with Crippen LogP contribution in [0, 0.1) is 5.82 Å². The molecule has 1 aromatic heterocycles. The number of hydrogen-bond acceptors (Lipinski definition) is 10. The third-order valence-corrected chi connectivity index (χ3v) is 4.55. The predicted molar refractivity (Wildman–Crippen MR) is 115 cm³/mol. The van der Waals surface area contributed by atoms with Gasteiger partial charge in [-0.25, -0.2) is 0 Å². The number of rotatable bonds is 7. The van der Waals surface area contributed by atoms with Crippen molar-refractivity contribution in [2.24, 2.45) is 10.3 Å². The fraction of sp³-hybridized carbons (Fsp3) is 0.143. The van der Waals surface area contributed by atoms with Crippen LogP contribution in [-0.4, -0.2) is 47.0 Å². The number of oxime groups is 2. The van der Waals surface area contributed by atoms with Crippen LogP contribution in [0.4, 0.5) is 4.39 Å². The van der Waals surface area contributed by atoms with Crippen LogP contribution in [0.2, 0.25) is 5.02 Å². The minimum absolute atomic E-state index is 0.00240. The molecule has 0 fully saturated rings. The minimum atomic E-state index is -0.994. The largest absolute Gasteiger partial charge is 0.506 e. The summed E-state index contributed by atoms with van der Waals surface area (Å²) in [5.41, 5.74) is 0.547. The highest BCUT2D eigenvalue weighted by Gasteiger charge is 2.24. The maximum absolute atomic E-state index is 15.1. The summed E-state index contributed by atoms with van der Waals surface area (Å²) in [6.07, 6.45) is 1.05. The van der Waals surface area contributed by atoms with E-state index < -0.39 is 17.6 Å². The zero-order chi connectivity index (χ0) is 23.2. The van der Waals surface area contributed by atoms with Gasteiger partial charge in [0.15, 0.2) is 18.1 Å². The van der Waals surface area contributed by atoms with Crippen LogP contribution in [0.1, 0.15) is 5.56 Å². The van der Waals surface area contributed by atoms with E-state index in [0.717, 1.165) is 6.33 Å². The lowest BCUT2D eigenvalue weighted by Crippen LogP contribution is -2.25. The SMILES string of the molecule is CO/N=C(\C1=NOCCO1)c1ccccc1Oc1ncnc(Oc2cccc(O)c2Cl)c1F. The molecule has 170 valence electrons. The van der Waals surface area contributed by atoms with Gasteiger partial charge in [0.1, 0.15) is 36.6 Å². The first kappa shape index (κ1) is 22.1. The predicted octanol–water partition coefficient (Wildman–Crippen LogP) is 4.27. The Morgan fingerprint density at radius 1 is 1.06 bits per heavy atom. The Hall–Kier alpha value is -4.12. The number of hydrogen-bond donors (Lipinski definition) is 1. The van der Waals surface area contributed by atoms with Gasteiger partial charge in [-0.05, 0) is 29.4 Å². The highest BCUT2D eigenvalue weighted by Crippen LogP contribution is 2.37. The van der Waals surface area contributed by atoms with Gasteiger partial charge in [0, 0.05) is 0 Å². The van der Waals surface area contributed by atoms with E-state index in [9.17, 15) is 5.11 Å². The Labute approximate surface area is 191 Å². The second kappa shape index (κ2) is 10.0. The third kappa shape index (κ3) is 4.88. The highest BCUT2D eigenvalue weighted by atomic mass is 35.5. The van der Waals surface area contributed by atoms with E-state index in [1.807, 2.05) is 0 Å². The Kier molecular flexibility index (Phi) is 6.69. The molecule has 3 aromatic rings. The van der Waals surface area contributed by atoms with Crippen LogP contribution in [-0.2, 0) is 14.4 Å². The van der Waals surface area contributed by atoms with Gasteiger partial charge in [-0.2, -0.15) is 14.4 Å². The normalized spacial score (nSPS) is 13.4. The summed E-state index contributed by atoms with van der Waals surface area (Å²) in [4.78, 5) is 17.6. The molecule has 0 radical (unpaired) electrons. The van der Waals surface area contributed by atoms with E-state index in [0.29, 0.717) is 12.2 Å². The van der Waals surface area contributed by atoms with Gasteiger partial charge in [0.05, 0.1) is 5.56 Å². The zero-order valence-corrected chi connectivity index (χ0v) is 17.8. The number of aromatic nitrogens is 2. The number of nitrogens with zero attached hydrogens (tertiary/aromatic N) is 4. The number of para-hydroxylation sites is 1. The molecule has 10 nitrogen and oxygen atoms in total. The van der Waals surface area contributed by atoms with Crippen LogP contribution < -0.4 is 9.47 Å². The summed E-state index contributed by atoms with van der Waals surface area (Å²) in [6.45, 7) is 0.559. The van der Waals surface area contributed by atoms with Gasteiger partial charge in [-0.1, -0.05) is 35.0 Å². The molecule has 4 rings (SSSR count). The molecule has 0 bridgehead atoms. The molecule has 1 aliphatic heterocycles. The van der Waals surface area contributed by atoms with Gasteiger partial charge in [0.2, 0.25) is 5.82 Å². The number of phenols is 1. The summed E-state index contributed by atoms with van der Waals surface area (Å²) in [6, 6.07) is 10.9. The lowest BCUT2D eigenvalue weighted by atomic mass is 10.1. The number of halogens is 2. The van der Waals surface area contributed by atoms with Crippen molar-refractivity contribution >= 4 is 23.2 Å². The van der Waals surface area contributed by atoms with E-state index in [2.05, 4.69) is 20.3 Å². The van der Waals surface area contributed by atoms with Crippen LogP contribution in [0.5, 0.6) is 29.0 Å². The molecule has 0 amide bonds. The lowest BCUT2D eigenvalue weighted by Gasteiger charge is -2.17. The summed E-state index contributed by atoms with van der Waals surface area (Å²) in [5, 5.41) is 17.4. The molecule has 2 aromatic carbocycles. The van der Waals surface area contributed by atoms with E-state index in [-0.39, 0.29) is 40.5 Å². The third-order valence-electron chi connectivity index (χ3n) is 4.17. The molecule has 1 aliphatic rings. The monoisotopic (exact) mass is 474 g/mol. The number of ether oxygens (including phenoxy) is 3. The summed E-state index contributed by atoms with van der Waals surface area (Å²) in [5.74, 6) is -1.86. The van der Waals surface area contributed by atoms with Gasteiger partial charge >= 0.3 is 0 Å². The standard InChI is InChI=1S/C21H16ClFN4O6/c1-29-26-18(21-27-31-10-9-30-21)12-5-2-3-7-14(12)32-19-17(23)20(25-11-24-19)33-15-8-4-6-13(28)16(15)22/h2-8,11,28H,9-10H2,1H3/b26-18-. The first-order chi connectivity index (χ1) is 16.1. The van der Waals surface area contributed by atoms with Gasteiger partial charge < -0.3 is 29.0 Å². The fourth-order valence-electron chi connectivity index (χ4n) is 2.73. The smallest absolute Gasteiger partial charge is 0.280 e.